The third-order valence-electron chi connectivity index (χ3n) is 6.86. The summed E-state index contributed by atoms with van der Waals surface area (Å²) >= 11 is 1.46. The molecule has 0 aliphatic carbocycles. The van der Waals surface area contributed by atoms with Gasteiger partial charge in [0.15, 0.2) is 0 Å². The average Bonchev–Trinajstić information content (AvgIpc) is 3.58. The SMILES string of the molecule is Cc1ccc(OC2CNC2)cc1C(=O)N[C@H](C)c1cccc(-c2ccc(C(=O)NC[C@H]3CCCO3)s2)c1. The lowest BCUT2D eigenvalue weighted by molar-refractivity contribution is 0.0860. The first-order valence-electron chi connectivity index (χ1n) is 12.8. The van der Waals surface area contributed by atoms with Crippen LogP contribution in [0.4, 0.5) is 0 Å². The van der Waals surface area contributed by atoms with Crippen molar-refractivity contribution in [1.29, 1.82) is 0 Å². The van der Waals surface area contributed by atoms with Gasteiger partial charge in [-0.1, -0.05) is 24.3 Å². The second-order valence-corrected chi connectivity index (χ2v) is 10.8. The lowest BCUT2D eigenvalue weighted by Crippen LogP contribution is -2.50. The molecule has 0 saturated carbocycles. The molecular formula is C29H33N3O4S. The van der Waals surface area contributed by atoms with E-state index in [2.05, 4.69) is 22.0 Å². The zero-order valence-electron chi connectivity index (χ0n) is 21.2. The number of rotatable bonds is 9. The number of aryl methyl sites for hydroxylation is 1. The van der Waals surface area contributed by atoms with E-state index < -0.39 is 0 Å². The van der Waals surface area contributed by atoms with Crippen LogP contribution in [0.5, 0.6) is 5.75 Å². The predicted octanol–water partition coefficient (Wildman–Crippen LogP) is 4.47. The Bertz CT molecular complexity index is 1260. The number of carbonyl (C=O) groups is 2. The topological polar surface area (TPSA) is 88.7 Å². The van der Waals surface area contributed by atoms with Gasteiger partial charge < -0.3 is 25.4 Å². The molecule has 2 aliphatic rings. The Labute approximate surface area is 221 Å². The van der Waals surface area contributed by atoms with Crippen molar-refractivity contribution in [3.8, 4) is 16.2 Å². The van der Waals surface area contributed by atoms with E-state index in [-0.39, 0.29) is 30.1 Å². The maximum atomic E-state index is 13.1. The van der Waals surface area contributed by atoms with E-state index in [0.717, 1.165) is 54.1 Å². The highest BCUT2D eigenvalue weighted by molar-refractivity contribution is 7.17. The molecule has 3 N–H and O–H groups in total. The fraction of sp³-hybridized carbons (Fsp3) is 0.379. The van der Waals surface area contributed by atoms with E-state index in [0.29, 0.717) is 22.7 Å². The number of amides is 2. The molecular weight excluding hydrogens is 486 g/mol. The highest BCUT2D eigenvalue weighted by Gasteiger charge is 2.21. The zero-order chi connectivity index (χ0) is 25.8. The lowest BCUT2D eigenvalue weighted by atomic mass is 10.0. The maximum absolute atomic E-state index is 13.1. The molecule has 3 heterocycles. The van der Waals surface area contributed by atoms with Gasteiger partial charge in [0.05, 0.1) is 17.0 Å². The molecule has 0 spiro atoms. The van der Waals surface area contributed by atoms with Gasteiger partial charge in [-0.25, -0.2) is 0 Å². The van der Waals surface area contributed by atoms with Crippen LogP contribution in [-0.2, 0) is 4.74 Å². The van der Waals surface area contributed by atoms with Crippen LogP contribution in [0.15, 0.2) is 54.6 Å². The van der Waals surface area contributed by atoms with Crippen molar-refractivity contribution in [2.45, 2.75) is 44.9 Å². The van der Waals surface area contributed by atoms with Crippen molar-refractivity contribution < 1.29 is 19.1 Å². The molecule has 1 aromatic heterocycles. The summed E-state index contributed by atoms with van der Waals surface area (Å²) in [6.45, 7) is 6.89. The van der Waals surface area contributed by atoms with Crippen molar-refractivity contribution in [3.05, 3.63) is 76.2 Å². The van der Waals surface area contributed by atoms with Gasteiger partial charge in [-0.05, 0) is 73.7 Å². The van der Waals surface area contributed by atoms with Crippen LogP contribution in [0.1, 0.15) is 57.0 Å². The molecule has 8 heteroatoms. The molecule has 37 heavy (non-hydrogen) atoms. The molecule has 0 unspecified atom stereocenters. The molecule has 2 atom stereocenters. The van der Waals surface area contributed by atoms with E-state index in [1.807, 2.05) is 62.4 Å². The first kappa shape index (κ1) is 25.4. The number of hydrogen-bond acceptors (Lipinski definition) is 6. The largest absolute Gasteiger partial charge is 0.488 e. The van der Waals surface area contributed by atoms with Gasteiger partial charge in [0.1, 0.15) is 11.9 Å². The van der Waals surface area contributed by atoms with Gasteiger partial charge in [0.2, 0.25) is 0 Å². The highest BCUT2D eigenvalue weighted by atomic mass is 32.1. The van der Waals surface area contributed by atoms with E-state index in [4.69, 9.17) is 9.47 Å². The summed E-state index contributed by atoms with van der Waals surface area (Å²) in [7, 11) is 0. The molecule has 194 valence electrons. The number of nitrogens with one attached hydrogen (secondary N) is 3. The van der Waals surface area contributed by atoms with Gasteiger partial charge in [-0.2, -0.15) is 0 Å². The minimum absolute atomic E-state index is 0.0707. The minimum Gasteiger partial charge on any atom is -0.488 e. The highest BCUT2D eigenvalue weighted by Crippen LogP contribution is 2.30. The summed E-state index contributed by atoms with van der Waals surface area (Å²) in [5.74, 6) is 0.512. The van der Waals surface area contributed by atoms with Crippen LogP contribution in [0.3, 0.4) is 0 Å². The molecule has 0 radical (unpaired) electrons. The van der Waals surface area contributed by atoms with Crippen LogP contribution in [-0.4, -0.2) is 50.3 Å². The van der Waals surface area contributed by atoms with Crippen molar-refractivity contribution in [2.24, 2.45) is 0 Å². The Balaban J connectivity index is 1.23. The quantitative estimate of drug-likeness (QED) is 0.388. The van der Waals surface area contributed by atoms with Gasteiger partial charge in [0, 0.05) is 36.7 Å². The summed E-state index contributed by atoms with van der Waals surface area (Å²) in [5.41, 5.74) is 3.53. The Morgan fingerprint density at radius 2 is 2.00 bits per heavy atom. The van der Waals surface area contributed by atoms with Crippen molar-refractivity contribution in [3.63, 3.8) is 0 Å². The fourth-order valence-corrected chi connectivity index (χ4v) is 5.41. The smallest absolute Gasteiger partial charge is 0.261 e. The molecule has 5 rings (SSSR count). The minimum atomic E-state index is -0.193. The van der Waals surface area contributed by atoms with E-state index >= 15 is 0 Å². The molecule has 7 nitrogen and oxygen atoms in total. The third-order valence-corrected chi connectivity index (χ3v) is 8.00. The Hall–Kier alpha value is -3.20. The van der Waals surface area contributed by atoms with Crippen molar-refractivity contribution in [1.82, 2.24) is 16.0 Å². The van der Waals surface area contributed by atoms with Gasteiger partial charge in [0.25, 0.3) is 11.8 Å². The maximum Gasteiger partial charge on any atom is 0.261 e. The summed E-state index contributed by atoms with van der Waals surface area (Å²) in [5, 5.41) is 9.30. The monoisotopic (exact) mass is 519 g/mol. The van der Waals surface area contributed by atoms with Gasteiger partial charge >= 0.3 is 0 Å². The Kier molecular flexibility index (Phi) is 7.88. The molecule has 2 aromatic carbocycles. The number of carbonyl (C=O) groups excluding carboxylic acids is 2. The zero-order valence-corrected chi connectivity index (χ0v) is 22.0. The third kappa shape index (κ3) is 6.21. The molecule has 0 bridgehead atoms. The number of benzene rings is 2. The van der Waals surface area contributed by atoms with Crippen LogP contribution >= 0.6 is 11.3 Å². The Morgan fingerprint density at radius 3 is 2.76 bits per heavy atom. The summed E-state index contributed by atoms with van der Waals surface area (Å²) in [4.78, 5) is 27.4. The fourth-order valence-electron chi connectivity index (χ4n) is 4.49. The molecule has 2 aliphatic heterocycles. The van der Waals surface area contributed by atoms with Crippen molar-refractivity contribution >= 4 is 23.2 Å². The van der Waals surface area contributed by atoms with Crippen molar-refractivity contribution in [2.75, 3.05) is 26.2 Å². The van der Waals surface area contributed by atoms with E-state index in [9.17, 15) is 9.59 Å². The summed E-state index contributed by atoms with van der Waals surface area (Å²) in [6, 6.07) is 17.4. The van der Waals surface area contributed by atoms with Crippen LogP contribution in [0.25, 0.3) is 10.4 Å². The van der Waals surface area contributed by atoms with E-state index in [1.165, 1.54) is 11.3 Å². The van der Waals surface area contributed by atoms with Gasteiger partial charge in [-0.3, -0.25) is 9.59 Å². The second kappa shape index (κ2) is 11.5. The molecule has 2 amide bonds. The summed E-state index contributed by atoms with van der Waals surface area (Å²) in [6.07, 6.45) is 2.33. The molecule has 2 fully saturated rings. The van der Waals surface area contributed by atoms with Crippen LogP contribution in [0, 0.1) is 6.92 Å². The van der Waals surface area contributed by atoms with Crippen LogP contribution < -0.4 is 20.7 Å². The second-order valence-electron chi connectivity index (χ2n) is 9.70. The average molecular weight is 520 g/mol. The lowest BCUT2D eigenvalue weighted by Gasteiger charge is -2.28. The number of ether oxygens (including phenoxy) is 2. The first-order valence-corrected chi connectivity index (χ1v) is 13.7. The van der Waals surface area contributed by atoms with E-state index in [1.54, 1.807) is 0 Å². The standard InChI is InChI=1S/C29H33N3O4S/c1-18-8-9-22(36-24-15-30-16-24)14-25(18)28(33)32-19(2)20-5-3-6-21(13-20)26-10-11-27(37-26)29(34)31-17-23-7-4-12-35-23/h3,5-6,8-11,13-14,19,23-24,30H,4,7,12,15-17H2,1-2H3,(H,31,34)(H,32,33)/t19-,23-/m1/s1. The Morgan fingerprint density at radius 1 is 1.14 bits per heavy atom. The van der Waals surface area contributed by atoms with Gasteiger partial charge in [-0.15, -0.1) is 11.3 Å². The molecule has 2 saturated heterocycles. The number of thiophene rings is 1. The number of hydrogen-bond donors (Lipinski definition) is 3. The molecule has 3 aromatic rings. The first-order chi connectivity index (χ1) is 18.0. The normalized spacial score (nSPS) is 18.2. The van der Waals surface area contributed by atoms with Crippen LogP contribution in [0.2, 0.25) is 0 Å². The predicted molar refractivity (Wildman–Crippen MR) is 145 cm³/mol. The summed E-state index contributed by atoms with van der Waals surface area (Å²) < 4.78 is 11.5.